The van der Waals surface area contributed by atoms with Crippen LogP contribution in [0.4, 0.5) is 5.69 Å². The number of carbonyl (C=O) groups excluding carboxylic acids is 2. The van der Waals surface area contributed by atoms with Crippen molar-refractivity contribution >= 4 is 29.2 Å². The minimum Gasteiger partial charge on any atom is -0.465 e. The third-order valence-electron chi connectivity index (χ3n) is 3.95. The molecule has 0 atom stereocenters. The molecular formula is C20H16ClN3O4. The van der Waals surface area contributed by atoms with Crippen LogP contribution in [0.25, 0.3) is 11.4 Å². The van der Waals surface area contributed by atoms with Crippen molar-refractivity contribution < 1.29 is 14.3 Å². The number of methoxy groups -OCH3 is 1. The van der Waals surface area contributed by atoms with E-state index in [1.165, 1.54) is 19.4 Å². The van der Waals surface area contributed by atoms with E-state index in [-0.39, 0.29) is 17.5 Å². The Morgan fingerprint density at radius 1 is 1.14 bits per heavy atom. The molecular weight excluding hydrogens is 382 g/mol. The van der Waals surface area contributed by atoms with E-state index in [2.05, 4.69) is 15.3 Å². The molecule has 142 valence electrons. The first-order chi connectivity index (χ1) is 13.5. The molecule has 0 bridgehead atoms. The van der Waals surface area contributed by atoms with Gasteiger partial charge in [0.05, 0.1) is 24.8 Å². The Morgan fingerprint density at radius 3 is 2.54 bits per heavy atom. The van der Waals surface area contributed by atoms with E-state index >= 15 is 0 Å². The van der Waals surface area contributed by atoms with E-state index in [1.54, 1.807) is 42.5 Å². The Balaban J connectivity index is 1.76. The van der Waals surface area contributed by atoms with Gasteiger partial charge < -0.3 is 15.0 Å². The number of aromatic amines is 1. The number of amides is 1. The van der Waals surface area contributed by atoms with E-state index in [4.69, 9.17) is 16.3 Å². The molecule has 1 aromatic heterocycles. The summed E-state index contributed by atoms with van der Waals surface area (Å²) in [5.74, 6) is -0.646. The fourth-order valence-electron chi connectivity index (χ4n) is 2.55. The highest BCUT2D eigenvalue weighted by Gasteiger charge is 2.15. The third kappa shape index (κ3) is 4.44. The summed E-state index contributed by atoms with van der Waals surface area (Å²) in [6, 6.07) is 13.3. The van der Waals surface area contributed by atoms with Gasteiger partial charge in [0.25, 0.3) is 5.56 Å². The number of benzene rings is 2. The molecule has 0 aliphatic carbocycles. The van der Waals surface area contributed by atoms with E-state index in [0.29, 0.717) is 22.1 Å². The van der Waals surface area contributed by atoms with Gasteiger partial charge in [0, 0.05) is 22.3 Å². The van der Waals surface area contributed by atoms with Crippen molar-refractivity contribution in [1.29, 1.82) is 0 Å². The van der Waals surface area contributed by atoms with Crippen LogP contribution in [0.15, 0.2) is 59.5 Å². The fraction of sp³-hybridized carbons (Fsp3) is 0.100. The first-order valence-corrected chi connectivity index (χ1v) is 8.67. The zero-order valence-electron chi connectivity index (χ0n) is 14.9. The monoisotopic (exact) mass is 397 g/mol. The second kappa shape index (κ2) is 8.49. The maximum atomic E-state index is 12.3. The number of nitrogens with zero attached hydrogens (tertiary/aromatic N) is 1. The lowest BCUT2D eigenvalue weighted by molar-refractivity contribution is -0.115. The molecule has 3 aromatic rings. The Hall–Kier alpha value is -3.45. The summed E-state index contributed by atoms with van der Waals surface area (Å²) in [5.41, 5.74) is 1.01. The predicted octanol–water partition coefficient (Wildman–Crippen LogP) is 3.06. The molecule has 2 N–H and O–H groups in total. The number of hydrogen-bond acceptors (Lipinski definition) is 5. The summed E-state index contributed by atoms with van der Waals surface area (Å²) < 4.78 is 4.69. The first-order valence-electron chi connectivity index (χ1n) is 8.29. The maximum absolute atomic E-state index is 12.3. The Labute approximate surface area is 165 Å². The van der Waals surface area contributed by atoms with Crippen molar-refractivity contribution in [3.63, 3.8) is 0 Å². The number of nitrogens with one attached hydrogen (secondary N) is 2. The van der Waals surface area contributed by atoms with Crippen molar-refractivity contribution in [3.8, 4) is 11.4 Å². The molecule has 1 amide bonds. The van der Waals surface area contributed by atoms with Crippen molar-refractivity contribution in [2.75, 3.05) is 12.4 Å². The van der Waals surface area contributed by atoms with Gasteiger partial charge in [0.1, 0.15) is 5.82 Å². The van der Waals surface area contributed by atoms with Crippen LogP contribution in [-0.4, -0.2) is 29.0 Å². The molecule has 0 radical (unpaired) electrons. The van der Waals surface area contributed by atoms with Crippen LogP contribution in [0, 0.1) is 0 Å². The SMILES string of the molecule is COC(=O)c1ccccc1NC(=O)Cc1cnc(-c2ccc(Cl)cc2)[nH]c1=O. The van der Waals surface area contributed by atoms with Crippen LogP contribution >= 0.6 is 11.6 Å². The molecule has 0 aliphatic heterocycles. The lowest BCUT2D eigenvalue weighted by atomic mass is 10.1. The zero-order valence-corrected chi connectivity index (χ0v) is 15.6. The first kappa shape index (κ1) is 19.3. The summed E-state index contributed by atoms with van der Waals surface area (Å²) in [6.07, 6.45) is 1.16. The van der Waals surface area contributed by atoms with Crippen LogP contribution < -0.4 is 10.9 Å². The Kier molecular flexibility index (Phi) is 5.86. The highest BCUT2D eigenvalue weighted by molar-refractivity contribution is 6.30. The molecule has 8 heteroatoms. The quantitative estimate of drug-likeness (QED) is 0.644. The fourth-order valence-corrected chi connectivity index (χ4v) is 2.68. The molecule has 1 heterocycles. The number of halogens is 1. The second-order valence-electron chi connectivity index (χ2n) is 5.86. The molecule has 0 unspecified atom stereocenters. The van der Waals surface area contributed by atoms with Gasteiger partial charge in [-0.25, -0.2) is 9.78 Å². The number of hydrogen-bond donors (Lipinski definition) is 2. The predicted molar refractivity (Wildman–Crippen MR) is 105 cm³/mol. The standard InChI is InChI=1S/C20H16ClN3O4/c1-28-20(27)15-4-2-3-5-16(15)23-17(25)10-13-11-22-18(24-19(13)26)12-6-8-14(21)9-7-12/h2-9,11H,10H2,1H3,(H,23,25)(H,22,24,26). The van der Waals surface area contributed by atoms with Gasteiger partial charge >= 0.3 is 5.97 Å². The van der Waals surface area contributed by atoms with E-state index in [0.717, 1.165) is 0 Å². The average Bonchev–Trinajstić information content (AvgIpc) is 2.70. The Morgan fingerprint density at radius 2 is 1.86 bits per heavy atom. The number of para-hydroxylation sites is 1. The summed E-state index contributed by atoms with van der Waals surface area (Å²) in [4.78, 5) is 43.3. The molecule has 3 rings (SSSR count). The molecule has 7 nitrogen and oxygen atoms in total. The summed E-state index contributed by atoms with van der Waals surface area (Å²) >= 11 is 5.85. The van der Waals surface area contributed by atoms with Gasteiger partial charge in [0.15, 0.2) is 0 Å². The average molecular weight is 398 g/mol. The van der Waals surface area contributed by atoms with E-state index < -0.39 is 17.4 Å². The minimum atomic E-state index is -0.567. The molecule has 0 aliphatic rings. The molecule has 0 saturated heterocycles. The van der Waals surface area contributed by atoms with Crippen molar-refractivity contribution in [3.05, 3.63) is 81.2 Å². The van der Waals surface area contributed by atoms with Gasteiger partial charge in [-0.1, -0.05) is 23.7 Å². The van der Waals surface area contributed by atoms with E-state index in [9.17, 15) is 14.4 Å². The number of anilines is 1. The number of H-pyrrole nitrogens is 1. The highest BCUT2D eigenvalue weighted by atomic mass is 35.5. The third-order valence-corrected chi connectivity index (χ3v) is 4.20. The topological polar surface area (TPSA) is 101 Å². The van der Waals surface area contributed by atoms with E-state index in [1.807, 2.05) is 0 Å². The van der Waals surface area contributed by atoms with Crippen molar-refractivity contribution in [2.24, 2.45) is 0 Å². The van der Waals surface area contributed by atoms with Gasteiger partial charge in [-0.2, -0.15) is 0 Å². The highest BCUT2D eigenvalue weighted by Crippen LogP contribution is 2.18. The zero-order chi connectivity index (χ0) is 20.1. The molecule has 0 spiro atoms. The molecule has 0 fully saturated rings. The molecule has 2 aromatic carbocycles. The number of esters is 1. The smallest absolute Gasteiger partial charge is 0.339 e. The van der Waals surface area contributed by atoms with Gasteiger partial charge in [0.2, 0.25) is 5.91 Å². The van der Waals surface area contributed by atoms with Crippen molar-refractivity contribution in [2.45, 2.75) is 6.42 Å². The second-order valence-corrected chi connectivity index (χ2v) is 6.29. The molecule has 0 saturated carbocycles. The van der Waals surface area contributed by atoms with Gasteiger partial charge in [-0.3, -0.25) is 9.59 Å². The Bertz CT molecular complexity index is 1080. The summed E-state index contributed by atoms with van der Waals surface area (Å²) in [5, 5.41) is 3.19. The normalized spacial score (nSPS) is 10.4. The summed E-state index contributed by atoms with van der Waals surface area (Å²) in [7, 11) is 1.26. The van der Waals surface area contributed by atoms with Crippen LogP contribution in [0.1, 0.15) is 15.9 Å². The lowest BCUT2D eigenvalue weighted by Crippen LogP contribution is -2.22. The van der Waals surface area contributed by atoms with Crippen LogP contribution in [0.2, 0.25) is 5.02 Å². The number of ether oxygens (including phenoxy) is 1. The lowest BCUT2D eigenvalue weighted by Gasteiger charge is -2.09. The van der Waals surface area contributed by atoms with Crippen LogP contribution in [0.5, 0.6) is 0 Å². The summed E-state index contributed by atoms with van der Waals surface area (Å²) in [6.45, 7) is 0. The van der Waals surface area contributed by atoms with Crippen LogP contribution in [0.3, 0.4) is 0 Å². The van der Waals surface area contributed by atoms with Gasteiger partial charge in [-0.05, 0) is 36.4 Å². The van der Waals surface area contributed by atoms with Crippen molar-refractivity contribution in [1.82, 2.24) is 9.97 Å². The molecule has 28 heavy (non-hydrogen) atoms. The number of rotatable bonds is 5. The largest absolute Gasteiger partial charge is 0.465 e. The number of aromatic nitrogens is 2. The number of carbonyl (C=O) groups is 2. The minimum absolute atomic E-state index is 0.196. The van der Waals surface area contributed by atoms with Crippen LogP contribution in [-0.2, 0) is 16.0 Å². The maximum Gasteiger partial charge on any atom is 0.339 e. The van der Waals surface area contributed by atoms with Gasteiger partial charge in [-0.15, -0.1) is 0 Å².